The Bertz CT molecular complexity index is 640. The second kappa shape index (κ2) is 4.79. The number of carboxylic acid groups (broad SMARTS) is 1. The van der Waals surface area contributed by atoms with Gasteiger partial charge in [-0.1, -0.05) is 11.6 Å². The topological polar surface area (TPSA) is 99.5 Å². The molecule has 1 amide bonds. The molecule has 8 heteroatoms. The minimum atomic E-state index is -1.13. The largest absolute Gasteiger partial charge is 0.505 e. The maximum atomic E-state index is 11.8. The van der Waals surface area contributed by atoms with Crippen molar-refractivity contribution in [2.24, 2.45) is 0 Å². The molecule has 0 aromatic carbocycles. The molecule has 0 aliphatic heterocycles. The van der Waals surface area contributed by atoms with Gasteiger partial charge in [0.15, 0.2) is 5.15 Å². The second-order valence-corrected chi connectivity index (χ2v) is 5.44. The van der Waals surface area contributed by atoms with Gasteiger partial charge in [-0.05, 0) is 0 Å². The standard InChI is InChI=1S/C10H7ClN2O4S/c11-9-8-5(6(14)3-12-9)1-2-18(8)10(17)13-4-7(15)16/h1-3H,4H2,(H2-,13,14,15,16,17)/p+1. The minimum Gasteiger partial charge on any atom is -0.505 e. The van der Waals surface area contributed by atoms with Gasteiger partial charge in [-0.3, -0.25) is 10.1 Å². The van der Waals surface area contributed by atoms with Crippen molar-refractivity contribution in [1.82, 2.24) is 10.3 Å². The highest BCUT2D eigenvalue weighted by Crippen LogP contribution is 2.39. The van der Waals surface area contributed by atoms with E-state index >= 15 is 0 Å². The van der Waals surface area contributed by atoms with Gasteiger partial charge >= 0.3 is 11.2 Å². The number of hydrogen-bond donors (Lipinski definition) is 3. The highest BCUT2D eigenvalue weighted by Gasteiger charge is 2.27. The van der Waals surface area contributed by atoms with Crippen LogP contribution in [0.2, 0.25) is 5.15 Å². The average Bonchev–Trinajstić information content (AvgIpc) is 2.76. The lowest BCUT2D eigenvalue weighted by atomic mass is 10.3. The van der Waals surface area contributed by atoms with Gasteiger partial charge in [-0.15, -0.1) is 0 Å². The molecule has 1 atom stereocenters. The minimum absolute atomic E-state index is 0.0633. The van der Waals surface area contributed by atoms with E-state index < -0.39 is 28.2 Å². The molecule has 6 nitrogen and oxygen atoms in total. The predicted octanol–water partition coefficient (Wildman–Crippen LogP) is 1.99. The van der Waals surface area contributed by atoms with Gasteiger partial charge in [0, 0.05) is 6.07 Å². The number of carboxylic acids is 1. The molecule has 94 valence electrons. The fourth-order valence-electron chi connectivity index (χ4n) is 1.43. The van der Waals surface area contributed by atoms with Gasteiger partial charge in [0.25, 0.3) is 0 Å². The van der Waals surface area contributed by atoms with Crippen LogP contribution in [0.15, 0.2) is 17.6 Å². The molecule has 0 aliphatic carbocycles. The Labute approximate surface area is 109 Å². The van der Waals surface area contributed by atoms with Crippen molar-refractivity contribution in [1.29, 1.82) is 0 Å². The van der Waals surface area contributed by atoms with E-state index in [0.29, 0.717) is 10.1 Å². The zero-order chi connectivity index (χ0) is 13.3. The lowest BCUT2D eigenvalue weighted by Crippen LogP contribution is -2.26. The Morgan fingerprint density at radius 1 is 1.50 bits per heavy atom. The lowest BCUT2D eigenvalue weighted by Gasteiger charge is -1.96. The van der Waals surface area contributed by atoms with E-state index in [1.54, 1.807) is 11.4 Å². The van der Waals surface area contributed by atoms with Gasteiger partial charge in [-0.25, -0.2) is 9.78 Å². The van der Waals surface area contributed by atoms with Gasteiger partial charge in [0.05, 0.1) is 22.1 Å². The highest BCUT2D eigenvalue weighted by atomic mass is 35.5. The van der Waals surface area contributed by atoms with E-state index in [1.807, 2.05) is 0 Å². The van der Waals surface area contributed by atoms with Crippen molar-refractivity contribution >= 4 is 43.4 Å². The van der Waals surface area contributed by atoms with Gasteiger partial charge in [0.2, 0.25) is 4.70 Å². The molecule has 0 spiro atoms. The van der Waals surface area contributed by atoms with Gasteiger partial charge in [0.1, 0.15) is 17.7 Å². The van der Waals surface area contributed by atoms with Crippen LogP contribution in [0.1, 0.15) is 0 Å². The SMILES string of the molecule is O=C(O)CNC(=O)[s+]1ccc2c(O)cnc(Cl)c21. The predicted molar refractivity (Wildman–Crippen MR) is 67.3 cm³/mol. The number of carbonyl (C=O) groups excluding carboxylic acids is 1. The molecule has 2 rings (SSSR count). The number of pyridine rings is 1. The van der Waals surface area contributed by atoms with E-state index in [1.165, 1.54) is 6.20 Å². The molecule has 3 N–H and O–H groups in total. The normalized spacial score (nSPS) is 11.5. The number of hydrogen-bond acceptors (Lipinski definition) is 4. The number of aliphatic carboxylic acids is 1. The Morgan fingerprint density at radius 3 is 2.89 bits per heavy atom. The number of halogens is 1. The summed E-state index contributed by atoms with van der Waals surface area (Å²) < 4.78 is 0.416. The molecule has 0 aliphatic rings. The number of fused-ring (bicyclic) bond motifs is 1. The fraction of sp³-hybridized carbons (Fsp3) is 0.100. The van der Waals surface area contributed by atoms with Crippen LogP contribution in [0.5, 0.6) is 5.75 Å². The van der Waals surface area contributed by atoms with Crippen LogP contribution in [-0.2, 0) is 4.79 Å². The Hall–Kier alpha value is -1.86. The van der Waals surface area contributed by atoms with Crippen molar-refractivity contribution in [3.63, 3.8) is 0 Å². The van der Waals surface area contributed by atoms with Crippen molar-refractivity contribution in [3.8, 4) is 5.75 Å². The van der Waals surface area contributed by atoms with Crippen LogP contribution >= 0.6 is 22.1 Å². The van der Waals surface area contributed by atoms with E-state index in [9.17, 15) is 14.7 Å². The van der Waals surface area contributed by atoms with Crippen molar-refractivity contribution in [2.75, 3.05) is 6.54 Å². The Balaban J connectivity index is 2.43. The smallest absolute Gasteiger partial charge is 0.457 e. The van der Waals surface area contributed by atoms with E-state index in [2.05, 4.69) is 10.3 Å². The molecule has 0 radical (unpaired) electrons. The van der Waals surface area contributed by atoms with Crippen LogP contribution in [0.4, 0.5) is 4.79 Å². The lowest BCUT2D eigenvalue weighted by molar-refractivity contribution is -0.135. The van der Waals surface area contributed by atoms with Crippen LogP contribution in [0, 0.1) is 0 Å². The van der Waals surface area contributed by atoms with Crippen molar-refractivity contribution < 1.29 is 19.8 Å². The first-order chi connectivity index (χ1) is 8.50. The number of carbonyl (C=O) groups is 2. The van der Waals surface area contributed by atoms with Crippen LogP contribution < -0.4 is 5.32 Å². The number of nitrogens with zero attached hydrogens (tertiary/aromatic N) is 1. The number of amides is 1. The van der Waals surface area contributed by atoms with Gasteiger partial charge in [-0.2, -0.15) is 0 Å². The van der Waals surface area contributed by atoms with E-state index in [0.717, 1.165) is 0 Å². The van der Waals surface area contributed by atoms with Crippen LogP contribution in [0.25, 0.3) is 10.1 Å². The molecule has 1 unspecified atom stereocenters. The van der Waals surface area contributed by atoms with Crippen molar-refractivity contribution in [2.45, 2.75) is 0 Å². The third-order valence-corrected chi connectivity index (χ3v) is 4.39. The number of rotatable bonds is 3. The molecular weight excluding hydrogens is 280 g/mol. The summed E-state index contributed by atoms with van der Waals surface area (Å²) in [5, 5.41) is 22.0. The number of aromatic hydroxyl groups is 1. The summed E-state index contributed by atoms with van der Waals surface area (Å²) in [7, 11) is -1.03. The molecule has 2 aromatic rings. The third-order valence-electron chi connectivity index (χ3n) is 2.18. The summed E-state index contributed by atoms with van der Waals surface area (Å²) in [6, 6.07) is 1.57. The Kier molecular flexibility index (Phi) is 3.35. The third kappa shape index (κ3) is 2.22. The quantitative estimate of drug-likeness (QED) is 0.592. The van der Waals surface area contributed by atoms with Crippen LogP contribution in [0.3, 0.4) is 0 Å². The monoisotopic (exact) mass is 287 g/mol. The summed E-state index contributed by atoms with van der Waals surface area (Å²) >= 11 is 5.89. The summed E-state index contributed by atoms with van der Waals surface area (Å²) in [5.74, 6) is -1.19. The molecule has 0 bridgehead atoms. The van der Waals surface area contributed by atoms with Crippen molar-refractivity contribution in [3.05, 3.63) is 22.8 Å². The Morgan fingerprint density at radius 2 is 2.22 bits per heavy atom. The summed E-state index contributed by atoms with van der Waals surface area (Å²) in [4.78, 5) is 25.9. The molecular formula is C10H8ClN2O4S+. The second-order valence-electron chi connectivity index (χ2n) is 3.35. The van der Waals surface area contributed by atoms with E-state index in [-0.39, 0.29) is 10.9 Å². The maximum absolute atomic E-state index is 11.8. The fourth-order valence-corrected chi connectivity index (χ4v) is 3.42. The molecule has 0 saturated heterocycles. The molecule has 2 aromatic heterocycles. The summed E-state index contributed by atoms with van der Waals surface area (Å²) in [5.41, 5.74) is 0. The first kappa shape index (κ1) is 12.6. The van der Waals surface area contributed by atoms with Gasteiger partial charge < -0.3 is 10.2 Å². The summed E-state index contributed by atoms with van der Waals surface area (Å²) in [6.45, 7) is -0.463. The zero-order valence-corrected chi connectivity index (χ0v) is 10.5. The van der Waals surface area contributed by atoms with Crippen LogP contribution in [-0.4, -0.2) is 33.0 Å². The molecule has 0 saturated carbocycles. The first-order valence-electron chi connectivity index (χ1n) is 4.79. The number of aromatic nitrogens is 1. The zero-order valence-electron chi connectivity index (χ0n) is 8.88. The molecule has 0 fully saturated rings. The molecule has 2 heterocycles. The average molecular weight is 288 g/mol. The first-order valence-corrected chi connectivity index (χ1v) is 6.45. The maximum Gasteiger partial charge on any atom is 0.457 e. The summed E-state index contributed by atoms with van der Waals surface area (Å²) in [6.07, 6.45) is 1.20. The number of thiophene rings is 1. The van der Waals surface area contributed by atoms with E-state index in [4.69, 9.17) is 16.7 Å². The molecule has 18 heavy (non-hydrogen) atoms. The number of nitrogens with one attached hydrogen (secondary N) is 1. The highest BCUT2D eigenvalue weighted by molar-refractivity contribution is 7.55.